The first kappa shape index (κ1) is 27.3. The summed E-state index contributed by atoms with van der Waals surface area (Å²) in [5.41, 5.74) is 3.67. The molecule has 0 saturated carbocycles. The van der Waals surface area contributed by atoms with Crippen LogP contribution in [0.25, 0.3) is 43.4 Å². The molecule has 0 saturated heterocycles. The van der Waals surface area contributed by atoms with Gasteiger partial charge < -0.3 is 14.5 Å². The van der Waals surface area contributed by atoms with Crippen LogP contribution in [0.3, 0.4) is 0 Å². The number of allylic oxidation sites excluding steroid dienone is 2. The van der Waals surface area contributed by atoms with Crippen LogP contribution >= 0.6 is 11.3 Å². The Kier molecular flexibility index (Phi) is 9.67. The normalized spacial score (nSPS) is 13.2. The zero-order valence-corrected chi connectivity index (χ0v) is 26.7. The van der Waals surface area contributed by atoms with Gasteiger partial charge in [0.05, 0.1) is 11.3 Å². The zero-order chi connectivity index (χ0) is 30.6. The molecule has 5 rings (SSSR count). The molecular formula is C33H37IrN2O3S-. The van der Waals surface area contributed by atoms with Crippen molar-refractivity contribution in [1.29, 1.82) is 0 Å². The molecule has 0 unspecified atom stereocenters. The summed E-state index contributed by atoms with van der Waals surface area (Å²) in [6, 6.07) is 12.3. The number of nitrogens with zero attached hydrogens (tertiary/aromatic N) is 2. The van der Waals surface area contributed by atoms with Gasteiger partial charge in [-0.1, -0.05) is 44.7 Å². The van der Waals surface area contributed by atoms with Gasteiger partial charge in [0.1, 0.15) is 0 Å². The van der Waals surface area contributed by atoms with E-state index in [9.17, 15) is 9.90 Å². The summed E-state index contributed by atoms with van der Waals surface area (Å²) in [7, 11) is 0. The maximum Gasteiger partial charge on any atom is 0.216 e. The van der Waals surface area contributed by atoms with E-state index in [4.69, 9.17) is 8.53 Å². The van der Waals surface area contributed by atoms with Crippen LogP contribution in [0.1, 0.15) is 68.7 Å². The Labute approximate surface area is 258 Å². The quantitative estimate of drug-likeness (QED) is 0.0976. The molecule has 4 aromatic heterocycles. The Morgan fingerprint density at radius 3 is 2.50 bits per heavy atom. The molecule has 0 aliphatic carbocycles. The maximum atomic E-state index is 11.7. The van der Waals surface area contributed by atoms with E-state index < -0.39 is 6.85 Å². The molecule has 40 heavy (non-hydrogen) atoms. The van der Waals surface area contributed by atoms with Gasteiger partial charge in [-0.2, -0.15) is 0 Å². The SMILES string of the molecule is CCC(CC)C(=O)/C=C(\O)C(CC)CC.[2H]C([2H])([2H])c1ccc2c(n1)oc1c(-c3cc4scc(C)c4cn3)[c-]ccc12.[Ir]. The number of rotatable bonds is 8. The summed E-state index contributed by atoms with van der Waals surface area (Å²) in [6.45, 7) is 7.87. The second kappa shape index (κ2) is 14.2. The van der Waals surface area contributed by atoms with E-state index in [2.05, 4.69) is 28.3 Å². The number of aromatic nitrogens is 2. The first-order chi connectivity index (χ1) is 20.0. The van der Waals surface area contributed by atoms with Gasteiger partial charge in [-0.15, -0.1) is 29.5 Å². The molecule has 0 aliphatic rings. The molecule has 4 heterocycles. The average molecular weight is 737 g/mol. The third kappa shape index (κ3) is 6.71. The van der Waals surface area contributed by atoms with Crippen LogP contribution < -0.4 is 0 Å². The fourth-order valence-corrected chi connectivity index (χ4v) is 5.73. The Morgan fingerprint density at radius 2 is 1.82 bits per heavy atom. The number of benzene rings is 1. The fraction of sp³-hybridized carbons (Fsp3) is 0.364. The van der Waals surface area contributed by atoms with E-state index in [1.54, 1.807) is 17.4 Å². The number of carbonyl (C=O) groups excluding carboxylic acids is 1. The molecule has 5 nitrogen and oxygen atoms in total. The van der Waals surface area contributed by atoms with Gasteiger partial charge in [0.25, 0.3) is 0 Å². The van der Waals surface area contributed by atoms with Crippen LogP contribution in [0.5, 0.6) is 0 Å². The number of ketones is 1. The second-order valence-electron chi connectivity index (χ2n) is 9.73. The topological polar surface area (TPSA) is 76.2 Å². The summed E-state index contributed by atoms with van der Waals surface area (Å²) < 4.78 is 29.8. The van der Waals surface area contributed by atoms with Crippen LogP contribution in [0.15, 0.2) is 58.2 Å². The summed E-state index contributed by atoms with van der Waals surface area (Å²) in [5.74, 6) is 0.547. The Bertz CT molecular complexity index is 1730. The molecule has 0 amide bonds. The Balaban J connectivity index is 0.000000274. The zero-order valence-electron chi connectivity index (χ0n) is 26.5. The second-order valence-corrected chi connectivity index (χ2v) is 10.6. The molecule has 0 aliphatic heterocycles. The van der Waals surface area contributed by atoms with E-state index in [1.807, 2.05) is 52.1 Å². The number of pyridine rings is 2. The van der Waals surface area contributed by atoms with E-state index >= 15 is 0 Å². The minimum absolute atomic E-state index is 0. The fourth-order valence-electron chi connectivity index (χ4n) is 4.77. The number of furan rings is 1. The van der Waals surface area contributed by atoms with Gasteiger partial charge in [-0.25, -0.2) is 4.98 Å². The number of hydrogen-bond acceptors (Lipinski definition) is 6. The molecular weight excluding hydrogens is 697 g/mol. The van der Waals surface area contributed by atoms with Crippen molar-refractivity contribution in [2.75, 3.05) is 0 Å². The smallest absolute Gasteiger partial charge is 0.216 e. The van der Waals surface area contributed by atoms with Crippen LogP contribution in [0.2, 0.25) is 0 Å². The molecule has 0 spiro atoms. The standard InChI is InChI=1S/C20H13N2OS.C13H24O2.Ir/c1-11-10-24-18-8-17(21-9-16(11)18)15-5-3-4-13-14-7-6-12(2)22-20(14)23-19(13)15;1-5-10(6-2)12(14)9-13(15)11(7-3)8-4;/h3-4,6-10H,1-2H3;9-11,14H,5-8H2,1-4H3;/q-1;;/b;12-9-;/i2D3;;. The number of aliphatic hydroxyl groups excluding tert-OH is 1. The predicted molar refractivity (Wildman–Crippen MR) is 162 cm³/mol. The molecule has 0 bridgehead atoms. The average Bonchev–Trinajstić information content (AvgIpc) is 3.53. The van der Waals surface area contributed by atoms with Crippen molar-refractivity contribution in [1.82, 2.24) is 9.97 Å². The molecule has 213 valence electrons. The first-order valence-corrected chi connectivity index (χ1v) is 14.4. The van der Waals surface area contributed by atoms with Crippen molar-refractivity contribution in [2.45, 2.75) is 67.2 Å². The van der Waals surface area contributed by atoms with Gasteiger partial charge in [0, 0.05) is 69.5 Å². The van der Waals surface area contributed by atoms with Gasteiger partial charge in [-0.3, -0.25) is 4.79 Å². The Morgan fingerprint density at radius 1 is 1.10 bits per heavy atom. The van der Waals surface area contributed by atoms with Crippen LogP contribution in [0, 0.1) is 31.7 Å². The van der Waals surface area contributed by atoms with E-state index in [1.165, 1.54) is 17.7 Å². The third-order valence-corrected chi connectivity index (χ3v) is 8.35. The van der Waals surface area contributed by atoms with Crippen molar-refractivity contribution in [3.8, 4) is 11.3 Å². The number of carbonyl (C=O) groups is 1. The maximum absolute atomic E-state index is 11.7. The third-order valence-electron chi connectivity index (χ3n) is 7.29. The van der Waals surface area contributed by atoms with Gasteiger partial charge in [0.2, 0.25) is 5.71 Å². The number of aryl methyl sites for hydroxylation is 2. The van der Waals surface area contributed by atoms with Crippen LogP contribution in [-0.4, -0.2) is 20.9 Å². The molecule has 7 heteroatoms. The number of hydrogen-bond donors (Lipinski definition) is 1. The predicted octanol–water partition coefficient (Wildman–Crippen LogP) is 9.54. The monoisotopic (exact) mass is 737 g/mol. The van der Waals surface area contributed by atoms with Crippen LogP contribution in [-0.2, 0) is 24.9 Å². The molecule has 0 atom stereocenters. The summed E-state index contributed by atoms with van der Waals surface area (Å²) in [5, 5.41) is 14.7. The van der Waals surface area contributed by atoms with Crippen LogP contribution in [0.4, 0.5) is 0 Å². The minimum atomic E-state index is -2.27. The van der Waals surface area contributed by atoms with Crippen molar-refractivity contribution < 1.29 is 38.5 Å². The summed E-state index contributed by atoms with van der Waals surface area (Å²) in [6.07, 6.45) is 6.78. The Hall–Kier alpha value is -2.86. The number of aliphatic hydroxyl groups is 1. The van der Waals surface area contributed by atoms with Crippen molar-refractivity contribution in [3.63, 3.8) is 0 Å². The first-order valence-electron chi connectivity index (χ1n) is 15.0. The van der Waals surface area contributed by atoms with Gasteiger partial charge in [0.15, 0.2) is 5.78 Å². The van der Waals surface area contributed by atoms with E-state index in [0.717, 1.165) is 57.8 Å². The molecule has 1 N–H and O–H groups in total. The minimum Gasteiger partial charge on any atom is -0.512 e. The number of fused-ring (bicyclic) bond motifs is 4. The van der Waals surface area contributed by atoms with E-state index in [0.29, 0.717) is 11.3 Å². The van der Waals surface area contributed by atoms with Crippen molar-refractivity contribution in [3.05, 3.63) is 71.1 Å². The van der Waals surface area contributed by atoms with E-state index in [-0.39, 0.29) is 49.2 Å². The van der Waals surface area contributed by atoms with Crippen molar-refractivity contribution in [2.24, 2.45) is 11.8 Å². The molecule has 0 fully saturated rings. The molecule has 1 radical (unpaired) electrons. The van der Waals surface area contributed by atoms with Crippen molar-refractivity contribution >= 4 is 49.3 Å². The van der Waals surface area contributed by atoms with Gasteiger partial charge >= 0.3 is 0 Å². The number of thiophene rings is 1. The summed E-state index contributed by atoms with van der Waals surface area (Å²) in [4.78, 5) is 20.5. The largest absolute Gasteiger partial charge is 0.512 e. The summed E-state index contributed by atoms with van der Waals surface area (Å²) >= 11 is 1.68. The van der Waals surface area contributed by atoms with Gasteiger partial charge in [-0.05, 0) is 68.2 Å². The molecule has 1 aromatic carbocycles. The molecule has 5 aromatic rings.